The van der Waals surface area contributed by atoms with E-state index in [9.17, 15) is 5.11 Å². The Bertz CT molecular complexity index is 1710. The van der Waals surface area contributed by atoms with Gasteiger partial charge in [0.25, 0.3) is 0 Å². The number of rotatable bonds is 6. The van der Waals surface area contributed by atoms with Crippen molar-refractivity contribution in [2.24, 2.45) is 11.8 Å². The zero-order chi connectivity index (χ0) is 30.0. The van der Waals surface area contributed by atoms with E-state index in [2.05, 4.69) is 48.0 Å². The number of anilines is 1. The van der Waals surface area contributed by atoms with Crippen molar-refractivity contribution >= 4 is 27.5 Å². The third-order valence-electron chi connectivity index (χ3n) is 10.1. The van der Waals surface area contributed by atoms with Gasteiger partial charge in [0, 0.05) is 42.0 Å². The lowest BCUT2D eigenvalue weighted by molar-refractivity contribution is 0.140. The predicted molar refractivity (Wildman–Crippen MR) is 166 cm³/mol. The number of phenols is 1. The van der Waals surface area contributed by atoms with Crippen molar-refractivity contribution in [3.8, 4) is 22.9 Å². The minimum atomic E-state index is -0.742. The zero-order valence-electron chi connectivity index (χ0n) is 25.2. The van der Waals surface area contributed by atoms with E-state index in [1.54, 1.807) is 24.3 Å². The van der Waals surface area contributed by atoms with E-state index < -0.39 is 11.6 Å². The van der Waals surface area contributed by atoms with Gasteiger partial charge in [0.05, 0.1) is 12.2 Å². The smallest absolute Gasteiger partial charge is 0.319 e. The maximum atomic E-state index is 16.7. The number of benzene rings is 3. The number of hydrogen-bond donors (Lipinski definition) is 2. The van der Waals surface area contributed by atoms with Crippen LogP contribution in [-0.4, -0.2) is 71.4 Å². The van der Waals surface area contributed by atoms with Gasteiger partial charge >= 0.3 is 6.01 Å². The topological polar surface area (TPSA) is 73.8 Å². The minimum Gasteiger partial charge on any atom is -0.508 e. The Morgan fingerprint density at radius 3 is 2.72 bits per heavy atom. The molecule has 2 N–H and O–H groups in total. The fourth-order valence-electron chi connectivity index (χ4n) is 7.83. The van der Waals surface area contributed by atoms with Crippen LogP contribution in [0.15, 0.2) is 42.5 Å². The van der Waals surface area contributed by atoms with Crippen LogP contribution >= 0.6 is 0 Å². The maximum Gasteiger partial charge on any atom is 0.319 e. The standard InChI is InChI=1S/C34H39F2N5O2/c1-19-8-11-28(40(3)4)26(19)17-43-33-37-31-25(32(38-33)41-16-21-12-13-34(2,18-41)39-21)15-27(35)29(30(31)36)24-7-5-6-20-14-22(42)9-10-23(20)24/h5-7,9-10,14-15,19,21,26,28,39,42H,8,11-13,16-18H2,1-4H3/t19-,21-,26+,28?,34-/m1/s1. The van der Waals surface area contributed by atoms with E-state index >= 15 is 8.78 Å². The van der Waals surface area contributed by atoms with Crippen molar-refractivity contribution in [3.63, 3.8) is 0 Å². The van der Waals surface area contributed by atoms with Crippen LogP contribution in [0.1, 0.15) is 39.5 Å². The Balaban J connectivity index is 1.36. The highest BCUT2D eigenvalue weighted by Crippen LogP contribution is 2.41. The number of halogens is 2. The van der Waals surface area contributed by atoms with Crippen molar-refractivity contribution < 1.29 is 18.6 Å². The van der Waals surface area contributed by atoms with E-state index in [4.69, 9.17) is 9.72 Å². The van der Waals surface area contributed by atoms with Crippen molar-refractivity contribution in [1.29, 1.82) is 0 Å². The molecule has 226 valence electrons. The first-order valence-electron chi connectivity index (χ1n) is 15.3. The second kappa shape index (κ2) is 10.6. The molecule has 0 radical (unpaired) electrons. The van der Waals surface area contributed by atoms with Crippen LogP contribution < -0.4 is 15.0 Å². The summed E-state index contributed by atoms with van der Waals surface area (Å²) >= 11 is 0. The average molecular weight is 588 g/mol. The Kier molecular flexibility index (Phi) is 6.93. The summed E-state index contributed by atoms with van der Waals surface area (Å²) in [6.45, 7) is 6.25. The number of hydrogen-bond acceptors (Lipinski definition) is 7. The number of phenolic OH excluding ortho intramolecular Hbond substituents is 1. The molecule has 9 heteroatoms. The molecule has 2 saturated heterocycles. The molecule has 3 aliphatic rings. The van der Waals surface area contributed by atoms with Crippen LogP contribution in [0.25, 0.3) is 32.8 Å². The summed E-state index contributed by atoms with van der Waals surface area (Å²) in [6, 6.07) is 12.2. The molecule has 3 heterocycles. The molecule has 0 spiro atoms. The monoisotopic (exact) mass is 587 g/mol. The summed E-state index contributed by atoms with van der Waals surface area (Å²) in [6.07, 6.45) is 4.32. The molecular formula is C34H39F2N5O2. The van der Waals surface area contributed by atoms with Crippen molar-refractivity contribution in [2.45, 2.75) is 57.2 Å². The molecule has 7 nitrogen and oxygen atoms in total. The summed E-state index contributed by atoms with van der Waals surface area (Å²) < 4.78 is 39.1. The van der Waals surface area contributed by atoms with Gasteiger partial charge < -0.3 is 25.0 Å². The van der Waals surface area contributed by atoms with Crippen molar-refractivity contribution in [3.05, 3.63) is 54.1 Å². The number of nitrogens with zero attached hydrogens (tertiary/aromatic N) is 4. The highest BCUT2D eigenvalue weighted by Gasteiger charge is 2.42. The minimum absolute atomic E-state index is 0.0480. The Hall–Kier alpha value is -3.56. The fourth-order valence-corrected chi connectivity index (χ4v) is 7.83. The van der Waals surface area contributed by atoms with Crippen LogP contribution in [0.2, 0.25) is 0 Å². The van der Waals surface area contributed by atoms with Gasteiger partial charge in [0.2, 0.25) is 0 Å². The van der Waals surface area contributed by atoms with Gasteiger partial charge in [-0.2, -0.15) is 9.97 Å². The van der Waals surface area contributed by atoms with E-state index in [0.717, 1.165) is 25.7 Å². The summed E-state index contributed by atoms with van der Waals surface area (Å²) in [4.78, 5) is 13.8. The Labute approximate surface area is 250 Å². The van der Waals surface area contributed by atoms with Gasteiger partial charge in [-0.05, 0) is 87.2 Å². The Morgan fingerprint density at radius 2 is 1.93 bits per heavy atom. The van der Waals surface area contributed by atoms with Gasteiger partial charge in [-0.1, -0.05) is 31.2 Å². The first-order valence-corrected chi connectivity index (χ1v) is 15.3. The summed E-state index contributed by atoms with van der Waals surface area (Å²) in [5.41, 5.74) is 0.208. The number of aromatic hydroxyl groups is 1. The third kappa shape index (κ3) is 4.96. The molecule has 4 aromatic rings. The number of piperazine rings is 1. The molecule has 7 rings (SSSR count). The highest BCUT2D eigenvalue weighted by molar-refractivity contribution is 6.01. The van der Waals surface area contributed by atoms with Crippen molar-refractivity contribution in [2.75, 3.05) is 38.7 Å². The maximum absolute atomic E-state index is 16.7. The van der Waals surface area contributed by atoms with E-state index in [-0.39, 0.29) is 34.4 Å². The molecular weight excluding hydrogens is 548 g/mol. The quantitative estimate of drug-likeness (QED) is 0.282. The van der Waals surface area contributed by atoms with Crippen LogP contribution in [0.3, 0.4) is 0 Å². The van der Waals surface area contributed by atoms with Gasteiger partial charge in [-0.15, -0.1) is 0 Å². The lowest BCUT2D eigenvalue weighted by atomic mass is 9.95. The SMILES string of the molecule is C[C@@H]1CCC(N(C)C)[C@H]1COc1nc(N2C[C@H]3CC[C@](C)(C2)N3)c2cc(F)c(-c3cccc4cc(O)ccc34)c(F)c2n1. The molecule has 0 amide bonds. The molecule has 43 heavy (non-hydrogen) atoms. The summed E-state index contributed by atoms with van der Waals surface area (Å²) in [5, 5.41) is 15.4. The van der Waals surface area contributed by atoms with Crippen LogP contribution in [0.4, 0.5) is 14.6 Å². The number of aromatic nitrogens is 2. The number of ether oxygens (including phenoxy) is 1. The molecule has 3 fully saturated rings. The van der Waals surface area contributed by atoms with E-state index in [1.165, 1.54) is 12.1 Å². The first kappa shape index (κ1) is 28.2. The lowest BCUT2D eigenvalue weighted by Gasteiger charge is -2.40. The molecule has 1 saturated carbocycles. The van der Waals surface area contributed by atoms with E-state index in [1.807, 2.05) is 6.07 Å². The fraction of sp³-hybridized carbons (Fsp3) is 0.471. The average Bonchev–Trinajstić information content (AvgIpc) is 3.48. The zero-order valence-corrected chi connectivity index (χ0v) is 25.2. The molecule has 3 aromatic carbocycles. The highest BCUT2D eigenvalue weighted by atomic mass is 19.1. The molecule has 2 bridgehead atoms. The van der Waals surface area contributed by atoms with Gasteiger partial charge in [-0.3, -0.25) is 0 Å². The molecule has 1 unspecified atom stereocenters. The number of fused-ring (bicyclic) bond motifs is 4. The Morgan fingerprint density at radius 1 is 1.09 bits per heavy atom. The molecule has 1 aromatic heterocycles. The third-order valence-corrected chi connectivity index (χ3v) is 10.1. The molecule has 1 aliphatic carbocycles. The molecule has 2 aliphatic heterocycles. The van der Waals surface area contributed by atoms with Crippen molar-refractivity contribution in [1.82, 2.24) is 20.2 Å². The van der Waals surface area contributed by atoms with Crippen LogP contribution in [-0.2, 0) is 0 Å². The lowest BCUT2D eigenvalue weighted by Crippen LogP contribution is -2.58. The van der Waals surface area contributed by atoms with Gasteiger partial charge in [-0.25, -0.2) is 8.78 Å². The number of nitrogens with one attached hydrogen (secondary N) is 1. The summed E-state index contributed by atoms with van der Waals surface area (Å²) in [7, 11) is 4.19. The second-order valence-corrected chi connectivity index (χ2v) is 13.4. The van der Waals surface area contributed by atoms with Crippen LogP contribution in [0, 0.1) is 23.5 Å². The first-order chi connectivity index (χ1) is 20.6. The van der Waals surface area contributed by atoms with Gasteiger partial charge in [0.1, 0.15) is 22.9 Å². The predicted octanol–water partition coefficient (Wildman–Crippen LogP) is 6.12. The largest absolute Gasteiger partial charge is 0.508 e. The molecule has 5 atom stereocenters. The normalized spacial score (nSPS) is 27.1. The van der Waals surface area contributed by atoms with E-state index in [0.29, 0.717) is 65.1 Å². The summed E-state index contributed by atoms with van der Waals surface area (Å²) in [5.74, 6) is -0.0342. The van der Waals surface area contributed by atoms with Crippen LogP contribution in [0.5, 0.6) is 11.8 Å². The second-order valence-electron chi connectivity index (χ2n) is 13.4. The van der Waals surface area contributed by atoms with Gasteiger partial charge in [0.15, 0.2) is 5.82 Å².